The molecule has 2 aliphatic heterocycles. The van der Waals surface area contributed by atoms with Crippen molar-refractivity contribution in [1.29, 1.82) is 0 Å². The maximum absolute atomic E-state index is 13.3. The predicted molar refractivity (Wildman–Crippen MR) is 341 cm³/mol. The Balaban J connectivity index is 0.865. The zero-order valence-electron chi connectivity index (χ0n) is 49.0. The number of pyridine rings is 2. The third kappa shape index (κ3) is 15.2. The molecule has 8 aromatic rings. The molecule has 520 valence electrons. The Morgan fingerprint density at radius 3 is 1.51 bits per heavy atom. The van der Waals surface area contributed by atoms with Gasteiger partial charge in [0, 0.05) is 19.6 Å². The molecule has 0 fully saturated rings. The predicted octanol–water partition coefficient (Wildman–Crippen LogP) is 3.91. The normalized spacial score (nSPS) is 12.8. The van der Waals surface area contributed by atoms with Crippen LogP contribution in [0.25, 0.3) is 34.5 Å². The summed E-state index contributed by atoms with van der Waals surface area (Å²) in [4.78, 5) is 52.3. The Hall–Kier alpha value is -10.6. The van der Waals surface area contributed by atoms with E-state index < -0.39 is 170 Å². The number of hydrogen-bond donors (Lipinski definition) is 14. The second kappa shape index (κ2) is 26.6. The fourth-order valence-corrected chi connectivity index (χ4v) is 13.8. The van der Waals surface area contributed by atoms with Crippen LogP contribution >= 0.6 is 23.2 Å². The van der Waals surface area contributed by atoms with Gasteiger partial charge < -0.3 is 51.3 Å². The largest absolute Gasteiger partial charge is 0.478 e. The van der Waals surface area contributed by atoms with Gasteiger partial charge in [-0.15, -0.1) is 9.97 Å². The molecule has 3 aliphatic rings. The van der Waals surface area contributed by atoms with Crippen LogP contribution in [0.3, 0.4) is 0 Å². The molecular formula is C52H40Cl2N16O24S6+2. The lowest BCUT2D eigenvalue weighted by Crippen LogP contribution is -2.34. The van der Waals surface area contributed by atoms with Crippen molar-refractivity contribution in [2.24, 2.45) is 4.99 Å². The number of carboxylic acids is 2. The van der Waals surface area contributed by atoms with Crippen LogP contribution in [0.4, 0.5) is 52.2 Å². The van der Waals surface area contributed by atoms with E-state index in [1.165, 1.54) is 54.9 Å². The molecule has 11 rings (SSSR count). The minimum absolute atomic E-state index is 0.173. The lowest BCUT2D eigenvalue weighted by Gasteiger charge is -2.27. The number of carboxylic acid groups (broad SMARTS) is 2. The summed E-state index contributed by atoms with van der Waals surface area (Å²) in [6.07, 6.45) is 4.80. The van der Waals surface area contributed by atoms with Gasteiger partial charge in [-0.25, -0.2) is 23.7 Å². The standard InChI is InChI=1S/C52H38Cl2N16O24S6/c53-35-38-42(94-40-28(60-38)8-10-30(44(40)100(90,91)92)56-14-16-58-48-64-50(68-52(66-48)70-18-2-4-24(22-70)46(73)74)62-32-20-26(96(78,79)80)6-12-34(32)98(84,85)86)36(54)37-41(35)93-39-27(59-37)7-9-29(43(39)99(87,88)89)55-13-15-57-47-63-49(67-51(65-47)69-17-1-3-23(21-69)45(71)72)61-31-19-25(95(75,76)77)5-11-33(31)97(81,82)83/h1-12,17-22H,13-16H2,(H12-2,55,56,57,58,59,60,61,62,63,64,65,66,67,68,71,72,73,74,75,76,77,78,79,80,81,82,83,84,85,86,87,88,89,90,91,92)/p+2. The number of aromatic nitrogens is 9. The van der Waals surface area contributed by atoms with Gasteiger partial charge in [-0.2, -0.15) is 50.5 Å². The summed E-state index contributed by atoms with van der Waals surface area (Å²) in [6.45, 7) is -1.22. The van der Waals surface area contributed by atoms with Crippen LogP contribution in [0.15, 0.2) is 148 Å². The molecular weight excluding hydrogens is 1500 g/mol. The lowest BCUT2D eigenvalue weighted by atomic mass is 10.1. The molecule has 0 spiro atoms. The summed E-state index contributed by atoms with van der Waals surface area (Å²) in [6, 6.07) is 13.8. The maximum atomic E-state index is 13.3. The van der Waals surface area contributed by atoms with Crippen LogP contribution in [0.5, 0.6) is 11.5 Å². The van der Waals surface area contributed by atoms with Crippen LogP contribution in [0, 0.1) is 0 Å². The third-order valence-corrected chi connectivity index (χ3v) is 19.7. The summed E-state index contributed by atoms with van der Waals surface area (Å²) in [5.74, 6) is -6.84. The molecule has 6 heterocycles. The minimum Gasteiger partial charge on any atom is -0.478 e. The van der Waals surface area contributed by atoms with Crippen molar-refractivity contribution in [3.63, 3.8) is 0 Å². The number of rotatable bonds is 23. The van der Waals surface area contributed by atoms with E-state index in [1.54, 1.807) is 0 Å². The van der Waals surface area contributed by atoms with Gasteiger partial charge in [-0.1, -0.05) is 23.2 Å². The van der Waals surface area contributed by atoms with Crippen molar-refractivity contribution >= 4 is 159 Å². The summed E-state index contributed by atoms with van der Waals surface area (Å²) in [5.41, 5.74) is -3.60. The zero-order valence-corrected chi connectivity index (χ0v) is 55.4. The molecule has 14 N–H and O–H groups in total. The van der Waals surface area contributed by atoms with Crippen molar-refractivity contribution in [2.45, 2.75) is 29.4 Å². The fraction of sp³-hybridized carbons (Fsp3) is 0.0769. The van der Waals surface area contributed by atoms with E-state index in [4.69, 9.17) is 32.4 Å². The van der Waals surface area contributed by atoms with Crippen LogP contribution in [0.2, 0.25) is 10.0 Å². The summed E-state index contributed by atoms with van der Waals surface area (Å²) in [5, 5.41) is 34.1. The van der Waals surface area contributed by atoms with Crippen molar-refractivity contribution in [1.82, 2.24) is 34.9 Å². The van der Waals surface area contributed by atoms with Crippen LogP contribution in [-0.4, -0.2) is 161 Å². The van der Waals surface area contributed by atoms with E-state index in [-0.39, 0.29) is 82.8 Å². The van der Waals surface area contributed by atoms with Gasteiger partial charge in [-0.05, 0) is 105 Å². The van der Waals surface area contributed by atoms with Crippen molar-refractivity contribution in [2.75, 3.05) is 58.1 Å². The number of carbonyl (C=O) groups is 2. The second-order valence-electron chi connectivity index (χ2n) is 20.3. The van der Waals surface area contributed by atoms with Gasteiger partial charge in [0.25, 0.3) is 50.6 Å². The first-order valence-electron chi connectivity index (χ1n) is 27.1. The number of ether oxygens (including phenoxy) is 1. The van der Waals surface area contributed by atoms with Gasteiger partial charge in [0.05, 0.1) is 80.4 Å². The third-order valence-electron chi connectivity index (χ3n) is 13.6. The molecule has 0 amide bonds. The molecule has 0 unspecified atom stereocenters. The van der Waals surface area contributed by atoms with Crippen LogP contribution < -0.4 is 51.1 Å². The van der Waals surface area contributed by atoms with E-state index in [1.807, 2.05) is 0 Å². The number of fused-ring (bicyclic) bond motifs is 4. The Labute approximate surface area is 570 Å². The molecule has 0 atom stereocenters. The monoisotopic (exact) mass is 1530 g/mol. The van der Waals surface area contributed by atoms with Gasteiger partial charge in [0.2, 0.25) is 0 Å². The number of nitrogens with one attached hydrogen (secondary N) is 6. The van der Waals surface area contributed by atoms with Gasteiger partial charge in [-0.3, -0.25) is 32.3 Å². The molecule has 0 saturated carbocycles. The highest BCUT2D eigenvalue weighted by Crippen LogP contribution is 2.55. The van der Waals surface area contributed by atoms with Crippen molar-refractivity contribution in [3.8, 4) is 34.8 Å². The number of benzene rings is 5. The Bertz CT molecular complexity index is 5930. The molecule has 48 heteroatoms. The number of aromatic carboxylic acids is 2. The summed E-state index contributed by atoms with van der Waals surface area (Å²) >= 11 is 13.8. The first kappa shape index (κ1) is 70.7. The summed E-state index contributed by atoms with van der Waals surface area (Å²) < 4.78 is 225. The Morgan fingerprint density at radius 2 is 1.02 bits per heavy atom. The van der Waals surface area contributed by atoms with Gasteiger partial charge in [0.15, 0.2) is 32.6 Å². The first-order chi connectivity index (χ1) is 46.8. The van der Waals surface area contributed by atoms with E-state index in [0.717, 1.165) is 27.6 Å². The average Bonchev–Trinajstić information content (AvgIpc) is 0.724. The summed E-state index contributed by atoms with van der Waals surface area (Å²) in [7, 11) is -30.7. The molecule has 40 nitrogen and oxygen atoms in total. The van der Waals surface area contributed by atoms with E-state index in [9.17, 15) is 97.6 Å². The van der Waals surface area contributed by atoms with E-state index >= 15 is 0 Å². The highest BCUT2D eigenvalue weighted by atomic mass is 35.5. The highest BCUT2D eigenvalue weighted by Gasteiger charge is 2.36. The number of hydrogen-bond acceptors (Lipinski definition) is 30. The van der Waals surface area contributed by atoms with E-state index in [0.29, 0.717) is 36.4 Å². The molecule has 100 heavy (non-hydrogen) atoms. The van der Waals surface area contributed by atoms with Crippen LogP contribution in [0.1, 0.15) is 20.7 Å². The topological polar surface area (TPSA) is 606 Å². The maximum Gasteiger partial charge on any atom is 0.444 e. The number of nitrogens with zero attached hydrogens (tertiary/aromatic N) is 10. The molecule has 1 aliphatic carbocycles. The molecule has 0 saturated heterocycles. The Morgan fingerprint density at radius 1 is 0.520 bits per heavy atom. The van der Waals surface area contributed by atoms with Crippen LogP contribution in [-0.2, 0) is 60.7 Å². The lowest BCUT2D eigenvalue weighted by molar-refractivity contribution is -0.604. The van der Waals surface area contributed by atoms with Gasteiger partial charge >= 0.3 is 57.7 Å². The second-order valence-corrected chi connectivity index (χ2v) is 29.4. The zero-order chi connectivity index (χ0) is 72.3. The molecule has 0 bridgehead atoms. The number of anilines is 9. The van der Waals surface area contributed by atoms with Crippen molar-refractivity contribution < 1.29 is 116 Å². The van der Waals surface area contributed by atoms with E-state index in [2.05, 4.69) is 71.8 Å². The van der Waals surface area contributed by atoms with Crippen molar-refractivity contribution in [3.05, 3.63) is 136 Å². The smallest absolute Gasteiger partial charge is 0.444 e. The fourth-order valence-electron chi connectivity index (χ4n) is 9.38. The minimum atomic E-state index is -5.32. The quantitative estimate of drug-likeness (QED) is 0.0187. The molecule has 0 radical (unpaired) electrons. The SMILES string of the molecule is O=C(O)c1ccc[n+](-c2nc(NCCN=c3ccc4nc5c(Cl)c6c(c(Cl)c5oc-4c3S(=O)(=O)O)Nc3ccc(NCCNc4nc(Nc5cc(S(=O)(=O)O)ccc5S(=O)(=O)O)nc(-[n+]5cccc(C(=O)O)c5)n4)c(S(=O)(=O)O)c3O6)nc(Nc3cc(S(=O)(=O)O)ccc3S(=O)(=O)O)n2)c1. The first-order valence-corrected chi connectivity index (χ1v) is 36.5. The molecule has 4 aromatic heterocycles. The number of halogens is 2. The van der Waals surface area contributed by atoms with Gasteiger partial charge in [0.1, 0.15) is 36.7 Å². The molecule has 4 aromatic carbocycles. The highest BCUT2D eigenvalue weighted by molar-refractivity contribution is 7.87. The average molecular weight is 1540 g/mol. The Kier molecular flexibility index (Phi) is 18.8.